The van der Waals surface area contributed by atoms with E-state index in [2.05, 4.69) is 5.10 Å². The van der Waals surface area contributed by atoms with Crippen molar-refractivity contribution in [2.75, 3.05) is 12.3 Å². The molecule has 2 heterocycles. The minimum absolute atomic E-state index is 0.629. The molecule has 0 aliphatic rings. The van der Waals surface area contributed by atoms with Gasteiger partial charge in [0.15, 0.2) is 0 Å². The zero-order valence-corrected chi connectivity index (χ0v) is 7.40. The van der Waals surface area contributed by atoms with Crippen LogP contribution in [0.3, 0.4) is 0 Å². The van der Waals surface area contributed by atoms with Crippen LogP contribution in [0, 0.1) is 0 Å². The predicted octanol–water partition coefficient (Wildman–Crippen LogP) is 1.32. The summed E-state index contributed by atoms with van der Waals surface area (Å²) in [6, 6.07) is 3.77. The second-order valence-corrected chi connectivity index (χ2v) is 2.70. The summed E-state index contributed by atoms with van der Waals surface area (Å²) in [7, 11) is 0. The number of ether oxygens (including phenoxy) is 1. The minimum atomic E-state index is 0.629. The molecule has 2 aromatic heterocycles. The average molecular weight is 177 g/mol. The van der Waals surface area contributed by atoms with Gasteiger partial charge in [-0.15, -0.1) is 0 Å². The first kappa shape index (κ1) is 7.91. The third kappa shape index (κ3) is 1.20. The van der Waals surface area contributed by atoms with Crippen LogP contribution in [-0.4, -0.2) is 16.2 Å². The maximum Gasteiger partial charge on any atom is 0.147 e. The molecule has 0 bridgehead atoms. The highest BCUT2D eigenvalue weighted by atomic mass is 16.5. The lowest BCUT2D eigenvalue weighted by molar-refractivity contribution is 0.343. The highest BCUT2D eigenvalue weighted by Gasteiger charge is 2.05. The Morgan fingerprint density at radius 1 is 1.62 bits per heavy atom. The van der Waals surface area contributed by atoms with E-state index in [4.69, 9.17) is 10.5 Å². The molecule has 4 nitrogen and oxygen atoms in total. The molecule has 68 valence electrons. The Hall–Kier alpha value is -1.71. The SMILES string of the molecule is CCOc1cccn2ncc(N)c12. The number of rotatable bonds is 2. The van der Waals surface area contributed by atoms with Gasteiger partial charge in [0.1, 0.15) is 11.3 Å². The summed E-state index contributed by atoms with van der Waals surface area (Å²) in [5.74, 6) is 0.778. The molecule has 0 saturated carbocycles. The normalized spacial score (nSPS) is 10.5. The highest BCUT2D eigenvalue weighted by molar-refractivity contribution is 5.75. The number of pyridine rings is 1. The lowest BCUT2D eigenvalue weighted by Crippen LogP contribution is -1.96. The Morgan fingerprint density at radius 3 is 3.23 bits per heavy atom. The molecule has 0 unspecified atom stereocenters. The van der Waals surface area contributed by atoms with E-state index in [9.17, 15) is 0 Å². The molecular formula is C9H11N3O. The molecule has 0 amide bonds. The first-order chi connectivity index (χ1) is 6.33. The summed E-state index contributed by atoms with van der Waals surface area (Å²) in [6.45, 7) is 2.57. The van der Waals surface area contributed by atoms with Crippen molar-refractivity contribution in [3.63, 3.8) is 0 Å². The van der Waals surface area contributed by atoms with Gasteiger partial charge in [0.05, 0.1) is 18.5 Å². The lowest BCUT2D eigenvalue weighted by atomic mass is 10.3. The maximum atomic E-state index is 5.74. The molecule has 0 aliphatic carbocycles. The van der Waals surface area contributed by atoms with E-state index >= 15 is 0 Å². The van der Waals surface area contributed by atoms with Crippen LogP contribution in [0.5, 0.6) is 5.75 Å². The first-order valence-corrected chi connectivity index (χ1v) is 4.17. The molecule has 4 heteroatoms. The summed E-state index contributed by atoms with van der Waals surface area (Å²) >= 11 is 0. The highest BCUT2D eigenvalue weighted by Crippen LogP contribution is 2.24. The monoisotopic (exact) mass is 177 g/mol. The summed E-state index contributed by atoms with van der Waals surface area (Å²) in [6.07, 6.45) is 3.46. The van der Waals surface area contributed by atoms with Gasteiger partial charge in [-0.25, -0.2) is 4.52 Å². The third-order valence-electron chi connectivity index (χ3n) is 1.83. The molecule has 2 rings (SSSR count). The Kier molecular flexibility index (Phi) is 1.81. The van der Waals surface area contributed by atoms with Gasteiger partial charge in [-0.2, -0.15) is 5.10 Å². The number of anilines is 1. The smallest absolute Gasteiger partial charge is 0.147 e. The van der Waals surface area contributed by atoms with Gasteiger partial charge in [0, 0.05) is 6.20 Å². The van der Waals surface area contributed by atoms with E-state index in [1.807, 2.05) is 25.3 Å². The summed E-state index contributed by atoms with van der Waals surface area (Å²) in [5, 5.41) is 4.07. The van der Waals surface area contributed by atoms with E-state index in [0.29, 0.717) is 12.3 Å². The molecule has 0 fully saturated rings. The Balaban J connectivity index is 2.65. The van der Waals surface area contributed by atoms with Crippen LogP contribution >= 0.6 is 0 Å². The number of nitrogens with two attached hydrogens (primary N) is 1. The molecule has 2 aromatic rings. The van der Waals surface area contributed by atoms with Crippen LogP contribution in [0.15, 0.2) is 24.5 Å². The van der Waals surface area contributed by atoms with Gasteiger partial charge >= 0.3 is 0 Å². The number of nitrogen functional groups attached to an aromatic ring is 1. The molecule has 0 saturated heterocycles. The quantitative estimate of drug-likeness (QED) is 0.752. The molecule has 0 aliphatic heterocycles. The minimum Gasteiger partial charge on any atom is -0.492 e. The second kappa shape index (κ2) is 2.97. The van der Waals surface area contributed by atoms with Gasteiger partial charge in [-0.3, -0.25) is 0 Å². The number of hydrogen-bond acceptors (Lipinski definition) is 3. The van der Waals surface area contributed by atoms with E-state index in [0.717, 1.165) is 11.3 Å². The predicted molar refractivity (Wildman–Crippen MR) is 50.8 cm³/mol. The molecule has 0 aromatic carbocycles. The van der Waals surface area contributed by atoms with Gasteiger partial charge in [0.2, 0.25) is 0 Å². The zero-order chi connectivity index (χ0) is 9.26. The van der Waals surface area contributed by atoms with E-state index < -0.39 is 0 Å². The maximum absolute atomic E-state index is 5.74. The number of hydrogen-bond donors (Lipinski definition) is 1. The van der Waals surface area contributed by atoms with Crippen LogP contribution in [0.1, 0.15) is 6.92 Å². The fraction of sp³-hybridized carbons (Fsp3) is 0.222. The average Bonchev–Trinajstić information content (AvgIpc) is 2.50. The largest absolute Gasteiger partial charge is 0.492 e. The first-order valence-electron chi connectivity index (χ1n) is 4.17. The zero-order valence-electron chi connectivity index (χ0n) is 7.40. The van der Waals surface area contributed by atoms with E-state index in [1.54, 1.807) is 10.7 Å². The van der Waals surface area contributed by atoms with E-state index in [1.165, 1.54) is 0 Å². The summed E-state index contributed by atoms with van der Waals surface area (Å²) in [4.78, 5) is 0. The van der Waals surface area contributed by atoms with Crippen molar-refractivity contribution in [3.8, 4) is 5.75 Å². The van der Waals surface area contributed by atoms with Crippen molar-refractivity contribution in [2.45, 2.75) is 6.92 Å². The third-order valence-corrected chi connectivity index (χ3v) is 1.83. The Bertz CT molecular complexity index is 422. The molecule has 0 radical (unpaired) electrons. The van der Waals surface area contributed by atoms with Crippen LogP contribution in [-0.2, 0) is 0 Å². The molecule has 13 heavy (non-hydrogen) atoms. The topological polar surface area (TPSA) is 52.5 Å². The lowest BCUT2D eigenvalue weighted by Gasteiger charge is -2.04. The van der Waals surface area contributed by atoms with Crippen LogP contribution in [0.4, 0.5) is 5.69 Å². The Labute approximate surface area is 75.9 Å². The van der Waals surface area contributed by atoms with Gasteiger partial charge in [-0.05, 0) is 19.1 Å². The van der Waals surface area contributed by atoms with Gasteiger partial charge in [0.25, 0.3) is 0 Å². The van der Waals surface area contributed by atoms with Crippen molar-refractivity contribution in [2.24, 2.45) is 0 Å². The summed E-state index contributed by atoms with van der Waals surface area (Å²) in [5.41, 5.74) is 7.22. The van der Waals surface area contributed by atoms with Crippen molar-refractivity contribution in [1.29, 1.82) is 0 Å². The molecule has 0 atom stereocenters. The van der Waals surface area contributed by atoms with Crippen molar-refractivity contribution in [3.05, 3.63) is 24.5 Å². The standard InChI is InChI=1S/C9H11N3O/c1-2-13-8-4-3-5-12-9(8)7(10)6-11-12/h3-6H,2,10H2,1H3. The molecular weight excluding hydrogens is 166 g/mol. The summed E-state index contributed by atoms with van der Waals surface area (Å²) < 4.78 is 7.13. The number of aromatic nitrogens is 2. The van der Waals surface area contributed by atoms with Gasteiger partial charge < -0.3 is 10.5 Å². The fourth-order valence-electron chi connectivity index (χ4n) is 1.31. The second-order valence-electron chi connectivity index (χ2n) is 2.70. The van der Waals surface area contributed by atoms with Crippen molar-refractivity contribution in [1.82, 2.24) is 9.61 Å². The molecule has 2 N–H and O–H groups in total. The van der Waals surface area contributed by atoms with Crippen LogP contribution in [0.25, 0.3) is 5.52 Å². The fourth-order valence-corrected chi connectivity index (χ4v) is 1.31. The number of nitrogens with zero attached hydrogens (tertiary/aromatic N) is 2. The molecule has 0 spiro atoms. The van der Waals surface area contributed by atoms with E-state index in [-0.39, 0.29) is 0 Å². The van der Waals surface area contributed by atoms with Crippen molar-refractivity contribution >= 4 is 11.2 Å². The number of fused-ring (bicyclic) bond motifs is 1. The van der Waals surface area contributed by atoms with Crippen LogP contribution in [0.2, 0.25) is 0 Å². The Morgan fingerprint density at radius 2 is 2.46 bits per heavy atom. The van der Waals surface area contributed by atoms with Crippen molar-refractivity contribution < 1.29 is 4.74 Å². The van der Waals surface area contributed by atoms with Gasteiger partial charge in [-0.1, -0.05) is 0 Å². The van der Waals surface area contributed by atoms with Crippen LogP contribution < -0.4 is 10.5 Å².